The molecule has 0 saturated heterocycles. The Hall–Kier alpha value is -3.76. The van der Waals surface area contributed by atoms with Gasteiger partial charge in [-0.15, -0.1) is 0 Å². The van der Waals surface area contributed by atoms with Gasteiger partial charge < -0.3 is 9.84 Å². The first-order valence-electron chi connectivity index (χ1n) is 12.4. The first-order chi connectivity index (χ1) is 18.5. The van der Waals surface area contributed by atoms with Crippen molar-refractivity contribution in [3.8, 4) is 17.3 Å². The summed E-state index contributed by atoms with van der Waals surface area (Å²) in [6.07, 6.45) is 3.96. The predicted octanol–water partition coefficient (Wildman–Crippen LogP) is 2.32. The fourth-order valence-electron chi connectivity index (χ4n) is 4.66. The van der Waals surface area contributed by atoms with Gasteiger partial charge in [-0.1, -0.05) is 11.6 Å². The summed E-state index contributed by atoms with van der Waals surface area (Å²) < 4.78 is 36.4. The zero-order chi connectivity index (χ0) is 29.7. The largest absolute Gasteiger partial charge is 0.498 e. The van der Waals surface area contributed by atoms with E-state index in [1.54, 1.807) is 39.1 Å². The smallest absolute Gasteiger partial charge is 0.277 e. The number of hydrogen-bond acceptors (Lipinski definition) is 6. The Morgan fingerprint density at radius 2 is 1.68 bits per heavy atom. The Kier molecular flexibility index (Phi) is 7.55. The molecule has 0 unspecified atom stereocenters. The van der Waals surface area contributed by atoms with Gasteiger partial charge in [0.15, 0.2) is 15.7 Å². The standard InChI is InChI=1S/C27H27B2ClF2N4O4/c1-13-6-7-35(24(37)21(13)26(4,5)39)20-10-18(14(2)11-33-20)36-15(3)8-19(22(30)25(36)38)40-27(28,29)23-17(32)9-16(31)12-34-23/h6-12,39H,28-29H2,1-5H3. The molecule has 0 saturated carbocycles. The summed E-state index contributed by atoms with van der Waals surface area (Å²) in [4.78, 5) is 35.0. The highest BCUT2D eigenvalue weighted by atomic mass is 35.5. The van der Waals surface area contributed by atoms with Crippen molar-refractivity contribution < 1.29 is 18.6 Å². The average Bonchev–Trinajstić information content (AvgIpc) is 2.82. The van der Waals surface area contributed by atoms with E-state index in [9.17, 15) is 23.5 Å². The quantitative estimate of drug-likeness (QED) is 0.360. The Morgan fingerprint density at radius 3 is 2.30 bits per heavy atom. The van der Waals surface area contributed by atoms with Crippen LogP contribution >= 0.6 is 11.6 Å². The fourth-order valence-corrected chi connectivity index (χ4v) is 4.84. The lowest BCUT2D eigenvalue weighted by Crippen LogP contribution is -2.37. The van der Waals surface area contributed by atoms with Crippen LogP contribution in [0.1, 0.15) is 41.9 Å². The maximum atomic E-state index is 14.4. The summed E-state index contributed by atoms with van der Waals surface area (Å²) in [6.45, 7) is 8.22. The summed E-state index contributed by atoms with van der Waals surface area (Å²) in [5.41, 5.74) is -0.256. The highest BCUT2D eigenvalue weighted by Gasteiger charge is 2.30. The van der Waals surface area contributed by atoms with E-state index in [0.29, 0.717) is 28.6 Å². The third kappa shape index (κ3) is 5.33. The van der Waals surface area contributed by atoms with E-state index >= 15 is 0 Å². The number of halogens is 3. The van der Waals surface area contributed by atoms with Crippen molar-refractivity contribution in [3.63, 3.8) is 0 Å². The lowest BCUT2D eigenvalue weighted by molar-refractivity contribution is 0.0760. The van der Waals surface area contributed by atoms with Crippen LogP contribution in [0.25, 0.3) is 11.5 Å². The van der Waals surface area contributed by atoms with Crippen molar-refractivity contribution >= 4 is 27.3 Å². The van der Waals surface area contributed by atoms with E-state index in [1.807, 2.05) is 0 Å². The van der Waals surface area contributed by atoms with E-state index in [-0.39, 0.29) is 27.8 Å². The van der Waals surface area contributed by atoms with Gasteiger partial charge in [0.1, 0.15) is 33.9 Å². The Labute approximate surface area is 236 Å². The van der Waals surface area contributed by atoms with Gasteiger partial charge in [-0.3, -0.25) is 23.7 Å². The molecule has 0 bridgehead atoms. The molecular weight excluding hydrogens is 539 g/mol. The van der Waals surface area contributed by atoms with Crippen LogP contribution in [0.3, 0.4) is 0 Å². The lowest BCUT2D eigenvalue weighted by atomic mass is 9.62. The second kappa shape index (κ2) is 10.3. The molecule has 0 spiro atoms. The number of pyridine rings is 4. The summed E-state index contributed by atoms with van der Waals surface area (Å²) in [5, 5.41) is 8.90. The third-order valence-corrected chi connectivity index (χ3v) is 6.85. The van der Waals surface area contributed by atoms with Gasteiger partial charge in [0.05, 0.1) is 28.4 Å². The minimum atomic E-state index is -1.39. The van der Waals surface area contributed by atoms with Crippen molar-refractivity contribution in [3.05, 3.63) is 108 Å². The Balaban J connectivity index is 1.82. The van der Waals surface area contributed by atoms with Crippen LogP contribution in [-0.2, 0) is 11.0 Å². The molecule has 0 aliphatic carbocycles. The maximum absolute atomic E-state index is 14.4. The predicted molar refractivity (Wildman–Crippen MR) is 153 cm³/mol. The molecule has 4 aromatic rings. The minimum absolute atomic E-state index is 0.00699. The van der Waals surface area contributed by atoms with Crippen LogP contribution in [0.4, 0.5) is 8.78 Å². The number of aromatic nitrogens is 4. The van der Waals surface area contributed by atoms with Crippen LogP contribution in [0, 0.1) is 32.4 Å². The molecule has 0 radical (unpaired) electrons. The van der Waals surface area contributed by atoms with Gasteiger partial charge in [0.2, 0.25) is 0 Å². The Morgan fingerprint density at radius 1 is 1.00 bits per heavy atom. The number of nitrogens with zero attached hydrogens (tertiary/aromatic N) is 4. The summed E-state index contributed by atoms with van der Waals surface area (Å²) in [5.74, 6) is -1.50. The van der Waals surface area contributed by atoms with E-state index in [2.05, 4.69) is 9.97 Å². The average molecular weight is 567 g/mol. The number of aryl methyl sites for hydroxylation is 3. The van der Waals surface area contributed by atoms with Crippen molar-refractivity contribution in [1.82, 2.24) is 19.1 Å². The van der Waals surface area contributed by atoms with Crippen LogP contribution in [0.15, 0.2) is 52.4 Å². The summed E-state index contributed by atoms with van der Waals surface area (Å²) in [7, 11) is 3.04. The molecule has 4 heterocycles. The number of aliphatic hydroxyl groups is 1. The number of rotatable bonds is 6. The van der Waals surface area contributed by atoms with Crippen LogP contribution in [0.5, 0.6) is 5.75 Å². The number of hydrogen-bond donors (Lipinski definition) is 1. The molecule has 0 fully saturated rings. The van der Waals surface area contributed by atoms with Crippen molar-refractivity contribution in [2.24, 2.45) is 0 Å². The molecule has 1 N–H and O–H groups in total. The monoisotopic (exact) mass is 566 g/mol. The van der Waals surface area contributed by atoms with Gasteiger partial charge in [-0.2, -0.15) is 0 Å². The molecule has 0 atom stereocenters. The first kappa shape index (κ1) is 29.2. The van der Waals surface area contributed by atoms with Gasteiger partial charge in [0.25, 0.3) is 11.1 Å². The molecule has 206 valence electrons. The van der Waals surface area contributed by atoms with Crippen molar-refractivity contribution in [2.45, 2.75) is 45.6 Å². The normalized spacial score (nSPS) is 12.0. The lowest BCUT2D eigenvalue weighted by Gasteiger charge is -2.28. The zero-order valence-corrected chi connectivity index (χ0v) is 23.9. The first-order valence-corrected chi connectivity index (χ1v) is 12.8. The molecule has 4 rings (SSSR count). The fraction of sp³-hybridized carbons (Fsp3) is 0.259. The van der Waals surface area contributed by atoms with Gasteiger partial charge in [-0.05, 0) is 51.8 Å². The summed E-state index contributed by atoms with van der Waals surface area (Å²) >= 11 is 6.47. The third-order valence-electron chi connectivity index (χ3n) is 6.50. The van der Waals surface area contributed by atoms with Crippen LogP contribution < -0.4 is 15.9 Å². The maximum Gasteiger partial charge on any atom is 0.277 e. The molecule has 13 heteroatoms. The summed E-state index contributed by atoms with van der Waals surface area (Å²) in [6, 6.07) is 5.51. The second-order valence-electron chi connectivity index (χ2n) is 10.6. The zero-order valence-electron chi connectivity index (χ0n) is 23.1. The SMILES string of the molecule is BC(B)(Oc1cc(C)n(-c2cc(-n3ccc(C)c(C(C)(C)O)c3=O)ncc2C)c(=O)c1Cl)c1ncc(F)cc1F. The highest BCUT2D eigenvalue weighted by Crippen LogP contribution is 2.30. The molecule has 0 aliphatic rings. The van der Waals surface area contributed by atoms with E-state index in [0.717, 1.165) is 6.20 Å². The van der Waals surface area contributed by atoms with E-state index in [4.69, 9.17) is 16.3 Å². The molecule has 0 aromatic carbocycles. The molecule has 8 nitrogen and oxygen atoms in total. The minimum Gasteiger partial charge on any atom is -0.498 e. The molecule has 40 heavy (non-hydrogen) atoms. The van der Waals surface area contributed by atoms with Crippen molar-refractivity contribution in [2.75, 3.05) is 0 Å². The van der Waals surface area contributed by atoms with Gasteiger partial charge >= 0.3 is 0 Å². The molecule has 0 aliphatic heterocycles. The van der Waals surface area contributed by atoms with E-state index < -0.39 is 33.8 Å². The van der Waals surface area contributed by atoms with Gasteiger partial charge in [-0.25, -0.2) is 13.8 Å². The van der Waals surface area contributed by atoms with E-state index in [1.165, 1.54) is 50.9 Å². The molecule has 0 amide bonds. The molecular formula is C27H27B2ClF2N4O4. The number of ether oxygens (including phenoxy) is 1. The Bertz CT molecular complexity index is 1770. The van der Waals surface area contributed by atoms with Crippen LogP contribution in [-0.4, -0.2) is 39.9 Å². The highest BCUT2D eigenvalue weighted by molar-refractivity contribution is 6.39. The van der Waals surface area contributed by atoms with Gasteiger partial charge in [0, 0.05) is 36.3 Å². The van der Waals surface area contributed by atoms with Crippen molar-refractivity contribution in [1.29, 1.82) is 0 Å². The van der Waals surface area contributed by atoms with Crippen LogP contribution in [0.2, 0.25) is 5.02 Å². The second-order valence-corrected chi connectivity index (χ2v) is 11.0. The topological polar surface area (TPSA) is 99.2 Å². The molecule has 4 aromatic heterocycles.